The van der Waals surface area contributed by atoms with Gasteiger partial charge in [-0.3, -0.25) is 4.79 Å². The lowest BCUT2D eigenvalue weighted by molar-refractivity contribution is 0.0516. The molecule has 0 saturated carbocycles. The second-order valence-electron chi connectivity index (χ2n) is 5.02. The van der Waals surface area contributed by atoms with Crippen LogP contribution in [0, 0.1) is 6.92 Å². The molecule has 1 fully saturated rings. The Hall–Kier alpha value is -2.44. The Balaban J connectivity index is 1.64. The van der Waals surface area contributed by atoms with Crippen molar-refractivity contribution in [2.45, 2.75) is 25.9 Å². The van der Waals surface area contributed by atoms with Crippen molar-refractivity contribution in [1.29, 1.82) is 0 Å². The number of aromatic nitrogens is 3. The summed E-state index contributed by atoms with van der Waals surface area (Å²) in [7, 11) is 0. The van der Waals surface area contributed by atoms with E-state index < -0.39 is 0 Å². The highest BCUT2D eigenvalue weighted by Gasteiger charge is 2.27. The van der Waals surface area contributed by atoms with Crippen LogP contribution in [-0.2, 0) is 0 Å². The van der Waals surface area contributed by atoms with Gasteiger partial charge >= 0.3 is 0 Å². The molecule has 1 aliphatic heterocycles. The van der Waals surface area contributed by atoms with E-state index in [0.29, 0.717) is 30.4 Å². The molecule has 0 aromatic carbocycles. The first-order valence-corrected chi connectivity index (χ1v) is 6.89. The average Bonchev–Trinajstić information content (AvgIpc) is 2.94. The van der Waals surface area contributed by atoms with E-state index in [9.17, 15) is 4.79 Å². The van der Waals surface area contributed by atoms with Gasteiger partial charge in [0.1, 0.15) is 11.9 Å². The van der Waals surface area contributed by atoms with Crippen molar-refractivity contribution in [2.24, 2.45) is 0 Å². The number of ether oxygens (including phenoxy) is 1. The molecular formula is C14H16N4O3. The number of hydrogen-bond acceptors (Lipinski definition) is 6. The van der Waals surface area contributed by atoms with Crippen LogP contribution in [0.5, 0.6) is 5.88 Å². The fraction of sp³-hybridized carbons (Fsp3) is 0.429. The first-order valence-electron chi connectivity index (χ1n) is 6.89. The van der Waals surface area contributed by atoms with Gasteiger partial charge in [-0.2, -0.15) is 5.10 Å². The monoisotopic (exact) mass is 288 g/mol. The normalized spacial score (nSPS) is 18.5. The van der Waals surface area contributed by atoms with Gasteiger partial charge in [-0.1, -0.05) is 5.16 Å². The summed E-state index contributed by atoms with van der Waals surface area (Å²) >= 11 is 0. The number of piperidine rings is 1. The van der Waals surface area contributed by atoms with Crippen molar-refractivity contribution in [3.05, 3.63) is 35.9 Å². The lowest BCUT2D eigenvalue weighted by atomic mass is 10.1. The Morgan fingerprint density at radius 1 is 1.52 bits per heavy atom. The van der Waals surface area contributed by atoms with Crippen molar-refractivity contribution in [2.75, 3.05) is 13.1 Å². The molecule has 0 N–H and O–H groups in total. The second kappa shape index (κ2) is 5.90. The molecule has 1 amide bonds. The van der Waals surface area contributed by atoms with Crippen molar-refractivity contribution < 1.29 is 14.1 Å². The minimum Gasteiger partial charge on any atom is -0.471 e. The summed E-state index contributed by atoms with van der Waals surface area (Å²) in [6.07, 6.45) is 3.29. The third kappa shape index (κ3) is 3.18. The molecule has 0 bridgehead atoms. The number of rotatable bonds is 3. The minimum absolute atomic E-state index is 0.0765. The van der Waals surface area contributed by atoms with Crippen molar-refractivity contribution in [3.63, 3.8) is 0 Å². The van der Waals surface area contributed by atoms with Gasteiger partial charge < -0.3 is 14.2 Å². The number of hydrogen-bond donors (Lipinski definition) is 0. The molecule has 21 heavy (non-hydrogen) atoms. The summed E-state index contributed by atoms with van der Waals surface area (Å²) in [5, 5.41) is 11.4. The molecule has 1 aliphatic rings. The molecule has 3 heterocycles. The van der Waals surface area contributed by atoms with E-state index in [0.717, 1.165) is 12.8 Å². The molecule has 0 radical (unpaired) electrons. The molecular weight excluding hydrogens is 272 g/mol. The zero-order valence-electron chi connectivity index (χ0n) is 11.7. The highest BCUT2D eigenvalue weighted by molar-refractivity contribution is 5.92. The van der Waals surface area contributed by atoms with Gasteiger partial charge in [0.25, 0.3) is 5.91 Å². The summed E-state index contributed by atoms with van der Waals surface area (Å²) < 4.78 is 10.7. The molecule has 2 aromatic rings. The first-order chi connectivity index (χ1) is 10.2. The number of amides is 1. The standard InChI is InChI=1S/C14H16N4O3/c1-10-8-12(17-21-10)14(19)18-7-3-4-11(9-18)20-13-5-2-6-15-16-13/h2,5-6,8,11H,3-4,7,9H2,1H3. The van der Waals surface area contributed by atoms with Crippen LogP contribution in [0.3, 0.4) is 0 Å². The van der Waals surface area contributed by atoms with E-state index in [1.165, 1.54) is 0 Å². The largest absolute Gasteiger partial charge is 0.471 e. The van der Waals surface area contributed by atoms with E-state index in [1.54, 1.807) is 36.2 Å². The van der Waals surface area contributed by atoms with Crippen molar-refractivity contribution in [3.8, 4) is 5.88 Å². The smallest absolute Gasteiger partial charge is 0.276 e. The third-order valence-corrected chi connectivity index (χ3v) is 3.35. The summed E-state index contributed by atoms with van der Waals surface area (Å²) in [6, 6.07) is 5.18. The zero-order valence-corrected chi connectivity index (χ0v) is 11.7. The lowest BCUT2D eigenvalue weighted by Gasteiger charge is -2.31. The Bertz CT molecular complexity index is 614. The summed E-state index contributed by atoms with van der Waals surface area (Å²) in [5.74, 6) is 0.982. The van der Waals surface area contributed by atoms with Gasteiger partial charge in [-0.05, 0) is 25.8 Å². The van der Waals surface area contributed by atoms with Gasteiger partial charge in [0.05, 0.1) is 6.54 Å². The quantitative estimate of drug-likeness (QED) is 0.850. The fourth-order valence-corrected chi connectivity index (χ4v) is 2.37. The van der Waals surface area contributed by atoms with Crippen LogP contribution >= 0.6 is 0 Å². The first kappa shape index (κ1) is 13.5. The SMILES string of the molecule is Cc1cc(C(=O)N2CCCC(Oc3cccnn3)C2)no1. The number of carbonyl (C=O) groups excluding carboxylic acids is 1. The third-order valence-electron chi connectivity index (χ3n) is 3.35. The van der Waals surface area contributed by atoms with Gasteiger partial charge in [0.2, 0.25) is 5.88 Å². The van der Waals surface area contributed by atoms with Crippen LogP contribution in [0.4, 0.5) is 0 Å². The molecule has 0 spiro atoms. The zero-order chi connectivity index (χ0) is 14.7. The van der Waals surface area contributed by atoms with E-state index >= 15 is 0 Å². The molecule has 110 valence electrons. The number of carbonyl (C=O) groups is 1. The number of likely N-dealkylation sites (tertiary alicyclic amines) is 1. The topological polar surface area (TPSA) is 81.4 Å². The van der Waals surface area contributed by atoms with E-state index in [-0.39, 0.29) is 12.0 Å². The summed E-state index contributed by atoms with van der Waals surface area (Å²) in [6.45, 7) is 2.98. The number of nitrogens with zero attached hydrogens (tertiary/aromatic N) is 4. The van der Waals surface area contributed by atoms with Crippen LogP contribution in [0.1, 0.15) is 29.1 Å². The summed E-state index contributed by atoms with van der Waals surface area (Å²) in [5.41, 5.74) is 0.340. The minimum atomic E-state index is -0.126. The Morgan fingerprint density at radius 2 is 2.43 bits per heavy atom. The molecule has 1 unspecified atom stereocenters. The fourth-order valence-electron chi connectivity index (χ4n) is 2.37. The maximum atomic E-state index is 12.3. The molecule has 1 saturated heterocycles. The molecule has 0 aliphatic carbocycles. The Kier molecular flexibility index (Phi) is 3.81. The highest BCUT2D eigenvalue weighted by atomic mass is 16.5. The van der Waals surface area contributed by atoms with E-state index in [1.807, 2.05) is 0 Å². The highest BCUT2D eigenvalue weighted by Crippen LogP contribution is 2.18. The second-order valence-corrected chi connectivity index (χ2v) is 5.02. The van der Waals surface area contributed by atoms with E-state index in [4.69, 9.17) is 9.26 Å². The van der Waals surface area contributed by atoms with E-state index in [2.05, 4.69) is 15.4 Å². The Morgan fingerprint density at radius 3 is 3.14 bits per heavy atom. The van der Waals surface area contributed by atoms with Crippen LogP contribution in [0.25, 0.3) is 0 Å². The van der Waals surface area contributed by atoms with Crippen LogP contribution < -0.4 is 4.74 Å². The molecule has 3 rings (SSSR count). The van der Waals surface area contributed by atoms with Crippen LogP contribution in [0.15, 0.2) is 28.9 Å². The summed E-state index contributed by atoms with van der Waals surface area (Å²) in [4.78, 5) is 14.1. The molecule has 2 aromatic heterocycles. The predicted molar refractivity (Wildman–Crippen MR) is 72.8 cm³/mol. The van der Waals surface area contributed by atoms with Gasteiger partial charge in [0.15, 0.2) is 5.69 Å². The van der Waals surface area contributed by atoms with Gasteiger partial charge in [-0.15, -0.1) is 5.10 Å². The predicted octanol–water partition coefficient (Wildman–Crippen LogP) is 1.46. The van der Waals surface area contributed by atoms with Crippen molar-refractivity contribution in [1.82, 2.24) is 20.3 Å². The van der Waals surface area contributed by atoms with Crippen LogP contribution in [0.2, 0.25) is 0 Å². The average molecular weight is 288 g/mol. The molecule has 1 atom stereocenters. The van der Waals surface area contributed by atoms with Gasteiger partial charge in [-0.25, -0.2) is 0 Å². The maximum Gasteiger partial charge on any atom is 0.276 e. The molecule has 7 nitrogen and oxygen atoms in total. The van der Waals surface area contributed by atoms with Gasteiger partial charge in [0, 0.05) is 24.9 Å². The van der Waals surface area contributed by atoms with Crippen molar-refractivity contribution >= 4 is 5.91 Å². The van der Waals surface area contributed by atoms with Crippen LogP contribution in [-0.4, -0.2) is 45.4 Å². The maximum absolute atomic E-state index is 12.3. The Labute approximate surface area is 121 Å². The molecule has 7 heteroatoms. The number of aryl methyl sites for hydroxylation is 1. The lowest BCUT2D eigenvalue weighted by Crippen LogP contribution is -2.44.